The van der Waals surface area contributed by atoms with Crippen molar-refractivity contribution >= 4 is 21.0 Å². The van der Waals surface area contributed by atoms with Crippen molar-refractivity contribution in [3.05, 3.63) is 0 Å². The van der Waals surface area contributed by atoms with E-state index in [-0.39, 0.29) is 6.42 Å². The third kappa shape index (κ3) is 6.15. The molecular weight excluding hydrogens is 272 g/mol. The Bertz CT molecular complexity index is 283. The summed E-state index contributed by atoms with van der Waals surface area (Å²) in [6.45, 7) is 1.95. The van der Waals surface area contributed by atoms with Crippen LogP contribution in [0.1, 0.15) is 32.6 Å². The third-order valence-corrected chi connectivity index (χ3v) is 4.63. The molecule has 112 valence electrons. The second kappa shape index (κ2) is 9.02. The highest BCUT2D eigenvalue weighted by Crippen LogP contribution is 2.17. The standard InChI is InChI=1S/C11H22O7Si/c1-5-6-7-9(11(13)14)8-10(12)18-19(15-2,16-3)17-4/h9H,5-8H2,1-4H3,(H,13,14). The van der Waals surface area contributed by atoms with Crippen LogP contribution in [0, 0.1) is 5.92 Å². The number of carboxylic acids is 1. The van der Waals surface area contributed by atoms with Gasteiger partial charge in [0.25, 0.3) is 5.97 Å². The maximum Gasteiger partial charge on any atom is 0.750 e. The first-order valence-electron chi connectivity index (χ1n) is 6.04. The molecule has 1 atom stereocenters. The molecule has 19 heavy (non-hydrogen) atoms. The Morgan fingerprint density at radius 2 is 1.68 bits per heavy atom. The van der Waals surface area contributed by atoms with Crippen molar-refractivity contribution in [1.29, 1.82) is 0 Å². The number of carboxylic acid groups (broad SMARTS) is 1. The first-order chi connectivity index (χ1) is 8.94. The molecule has 1 N–H and O–H groups in total. The number of hydrogen-bond acceptors (Lipinski definition) is 6. The van der Waals surface area contributed by atoms with E-state index in [2.05, 4.69) is 0 Å². The van der Waals surface area contributed by atoms with Gasteiger partial charge in [0.2, 0.25) is 0 Å². The molecule has 0 rings (SSSR count). The minimum Gasteiger partial charge on any atom is -0.481 e. The van der Waals surface area contributed by atoms with E-state index >= 15 is 0 Å². The van der Waals surface area contributed by atoms with Crippen LogP contribution in [0.4, 0.5) is 0 Å². The molecule has 0 radical (unpaired) electrons. The lowest BCUT2D eigenvalue weighted by Crippen LogP contribution is -2.48. The summed E-state index contributed by atoms with van der Waals surface area (Å²) in [5.41, 5.74) is 0. The van der Waals surface area contributed by atoms with Crippen LogP contribution < -0.4 is 0 Å². The van der Waals surface area contributed by atoms with Gasteiger partial charge in [0.1, 0.15) is 0 Å². The molecule has 0 spiro atoms. The molecule has 1 unspecified atom stereocenters. The van der Waals surface area contributed by atoms with Crippen LogP contribution >= 0.6 is 0 Å². The molecule has 7 nitrogen and oxygen atoms in total. The monoisotopic (exact) mass is 294 g/mol. The van der Waals surface area contributed by atoms with Crippen LogP contribution in [0.3, 0.4) is 0 Å². The van der Waals surface area contributed by atoms with Crippen molar-refractivity contribution in [2.45, 2.75) is 32.6 Å². The van der Waals surface area contributed by atoms with Crippen molar-refractivity contribution in [2.75, 3.05) is 21.3 Å². The van der Waals surface area contributed by atoms with Crippen molar-refractivity contribution in [2.24, 2.45) is 5.92 Å². The Balaban J connectivity index is 4.51. The number of unbranched alkanes of at least 4 members (excludes halogenated alkanes) is 1. The molecule has 0 aromatic carbocycles. The average molecular weight is 294 g/mol. The van der Waals surface area contributed by atoms with Gasteiger partial charge < -0.3 is 22.8 Å². The van der Waals surface area contributed by atoms with E-state index in [1.54, 1.807) is 0 Å². The Morgan fingerprint density at radius 1 is 1.16 bits per heavy atom. The molecule has 0 saturated carbocycles. The molecule has 0 fully saturated rings. The normalized spacial score (nSPS) is 13.1. The lowest BCUT2D eigenvalue weighted by atomic mass is 9.99. The summed E-state index contributed by atoms with van der Waals surface area (Å²) in [6, 6.07) is 0. The smallest absolute Gasteiger partial charge is 0.481 e. The SMILES string of the molecule is CCCCC(CC(=O)O[Si](OC)(OC)OC)C(=O)O. The van der Waals surface area contributed by atoms with Crippen LogP contribution in [-0.2, 0) is 27.3 Å². The molecule has 0 bridgehead atoms. The molecule has 0 aliphatic carbocycles. The maximum atomic E-state index is 11.7. The maximum absolute atomic E-state index is 11.7. The Hall–Kier alpha value is -0.963. The van der Waals surface area contributed by atoms with Gasteiger partial charge >= 0.3 is 15.0 Å². The molecule has 0 aromatic rings. The number of hydrogen-bond donors (Lipinski definition) is 1. The van der Waals surface area contributed by atoms with Crippen molar-refractivity contribution in [3.8, 4) is 0 Å². The van der Waals surface area contributed by atoms with Gasteiger partial charge in [-0.25, -0.2) is 0 Å². The molecule has 0 heterocycles. The minimum atomic E-state index is -3.46. The predicted molar refractivity (Wildman–Crippen MR) is 68.1 cm³/mol. The second-order valence-corrected chi connectivity index (χ2v) is 6.40. The lowest BCUT2D eigenvalue weighted by molar-refractivity contribution is -0.151. The minimum absolute atomic E-state index is 0.222. The quantitative estimate of drug-likeness (QED) is 0.605. The van der Waals surface area contributed by atoms with Gasteiger partial charge in [-0.15, -0.1) is 0 Å². The van der Waals surface area contributed by atoms with Crippen molar-refractivity contribution in [1.82, 2.24) is 0 Å². The summed E-state index contributed by atoms with van der Waals surface area (Å²) in [7, 11) is 0.456. The summed E-state index contributed by atoms with van der Waals surface area (Å²) in [5, 5.41) is 9.03. The predicted octanol–water partition coefficient (Wildman–Crippen LogP) is 1.19. The van der Waals surface area contributed by atoms with E-state index in [1.807, 2.05) is 6.92 Å². The third-order valence-electron chi connectivity index (χ3n) is 2.66. The van der Waals surface area contributed by atoms with E-state index in [9.17, 15) is 9.59 Å². The van der Waals surface area contributed by atoms with Crippen molar-refractivity contribution in [3.63, 3.8) is 0 Å². The fourth-order valence-corrected chi connectivity index (χ4v) is 2.63. The van der Waals surface area contributed by atoms with Crippen LogP contribution in [0.2, 0.25) is 0 Å². The van der Waals surface area contributed by atoms with Gasteiger partial charge in [0.15, 0.2) is 0 Å². The zero-order valence-corrected chi connectivity index (χ0v) is 12.8. The van der Waals surface area contributed by atoms with E-state index in [4.69, 9.17) is 22.8 Å². The molecule has 0 aromatic heterocycles. The van der Waals surface area contributed by atoms with Crippen LogP contribution in [-0.4, -0.2) is 47.4 Å². The fraction of sp³-hybridized carbons (Fsp3) is 0.818. The summed E-state index contributed by atoms with van der Waals surface area (Å²) >= 11 is 0. The fourth-order valence-electron chi connectivity index (χ4n) is 1.52. The summed E-state index contributed by atoms with van der Waals surface area (Å²) in [6.07, 6.45) is 1.82. The van der Waals surface area contributed by atoms with Crippen LogP contribution in [0.5, 0.6) is 0 Å². The van der Waals surface area contributed by atoms with E-state index in [1.165, 1.54) is 21.3 Å². The molecule has 0 aliphatic rings. The van der Waals surface area contributed by atoms with Crippen LogP contribution in [0.25, 0.3) is 0 Å². The van der Waals surface area contributed by atoms with Crippen LogP contribution in [0.15, 0.2) is 0 Å². The number of rotatable bonds is 10. The topological polar surface area (TPSA) is 91.3 Å². The number of carbonyl (C=O) groups excluding carboxylic acids is 1. The van der Waals surface area contributed by atoms with Gasteiger partial charge in [-0.2, -0.15) is 0 Å². The lowest BCUT2D eigenvalue weighted by Gasteiger charge is -2.23. The van der Waals surface area contributed by atoms with Gasteiger partial charge in [-0.05, 0) is 6.42 Å². The molecule has 0 aliphatic heterocycles. The Morgan fingerprint density at radius 3 is 2.05 bits per heavy atom. The molecule has 0 amide bonds. The van der Waals surface area contributed by atoms with E-state index in [0.717, 1.165) is 12.8 Å². The van der Waals surface area contributed by atoms with E-state index in [0.29, 0.717) is 6.42 Å². The summed E-state index contributed by atoms with van der Waals surface area (Å²) in [5.74, 6) is -2.46. The first kappa shape index (κ1) is 18.0. The van der Waals surface area contributed by atoms with Crippen molar-refractivity contribution < 1.29 is 32.4 Å². The Kier molecular flexibility index (Phi) is 8.57. The van der Waals surface area contributed by atoms with Gasteiger partial charge in [0.05, 0.1) is 12.3 Å². The van der Waals surface area contributed by atoms with Gasteiger partial charge in [-0.1, -0.05) is 19.8 Å². The average Bonchev–Trinajstić information content (AvgIpc) is 2.40. The molecule has 0 saturated heterocycles. The van der Waals surface area contributed by atoms with E-state index < -0.39 is 26.9 Å². The molecular formula is C11H22O7Si. The first-order valence-corrected chi connectivity index (χ1v) is 7.68. The number of carbonyl (C=O) groups is 2. The summed E-state index contributed by atoms with van der Waals surface area (Å²) in [4.78, 5) is 22.7. The zero-order valence-electron chi connectivity index (χ0n) is 11.8. The Labute approximate surface area is 114 Å². The highest BCUT2D eigenvalue weighted by Gasteiger charge is 2.47. The molecule has 8 heteroatoms. The van der Waals surface area contributed by atoms with Gasteiger partial charge in [-0.3, -0.25) is 9.59 Å². The second-order valence-electron chi connectivity index (χ2n) is 3.97. The largest absolute Gasteiger partial charge is 0.750 e. The summed E-state index contributed by atoms with van der Waals surface area (Å²) < 4.78 is 19.8. The van der Waals surface area contributed by atoms with Gasteiger partial charge in [0, 0.05) is 21.3 Å². The highest BCUT2D eigenvalue weighted by atomic mass is 28.4. The highest BCUT2D eigenvalue weighted by molar-refractivity contribution is 6.55. The number of aliphatic carboxylic acids is 1. The zero-order chi connectivity index (χ0) is 14.9.